The van der Waals surface area contributed by atoms with Crippen molar-refractivity contribution in [2.24, 2.45) is 5.41 Å². The van der Waals surface area contributed by atoms with Gasteiger partial charge in [-0.15, -0.1) is 0 Å². The zero-order valence-electron chi connectivity index (χ0n) is 9.92. The molecule has 1 aliphatic rings. The zero-order valence-corrected chi connectivity index (χ0v) is 11.5. The van der Waals surface area contributed by atoms with Crippen molar-refractivity contribution in [2.45, 2.75) is 26.2 Å². The highest BCUT2D eigenvalue weighted by Crippen LogP contribution is 2.35. The molecule has 0 aromatic heterocycles. The second kappa shape index (κ2) is 5.37. The molecule has 0 spiro atoms. The molecule has 98 valence electrons. The number of sulfonamides is 1. The van der Waals surface area contributed by atoms with Crippen LogP contribution in [0.2, 0.25) is 0 Å². The number of hydrogen-bond acceptors (Lipinski definition) is 4. The summed E-state index contributed by atoms with van der Waals surface area (Å²) in [7, 11) is -3.49. The first-order chi connectivity index (χ1) is 7.77. The van der Waals surface area contributed by atoms with E-state index >= 15 is 0 Å². The number of rotatable bonds is 4. The van der Waals surface area contributed by atoms with Crippen LogP contribution in [0, 0.1) is 5.41 Å². The third-order valence-corrected chi connectivity index (χ3v) is 3.65. The van der Waals surface area contributed by atoms with Crippen molar-refractivity contribution >= 4 is 27.7 Å². The molecule has 0 aromatic carbocycles. The Morgan fingerprint density at radius 2 is 2.24 bits per heavy atom. The molecule has 0 radical (unpaired) electrons. The minimum atomic E-state index is -3.49. The SMILES string of the molecule is CC1(C(=O)NS(C)(=O)=O)CC=C(CNCl)CC1. The normalized spacial score (nSPS) is 25.2. The van der Waals surface area contributed by atoms with Gasteiger partial charge in [-0.1, -0.05) is 18.6 Å². The Morgan fingerprint density at radius 1 is 1.59 bits per heavy atom. The number of nitrogens with one attached hydrogen (secondary N) is 2. The minimum Gasteiger partial charge on any atom is -0.273 e. The summed E-state index contributed by atoms with van der Waals surface area (Å²) in [6.45, 7) is 2.36. The summed E-state index contributed by atoms with van der Waals surface area (Å²) in [6.07, 6.45) is 4.82. The Balaban J connectivity index is 2.69. The number of carbonyl (C=O) groups is 1. The lowest BCUT2D eigenvalue weighted by molar-refractivity contribution is -0.128. The smallest absolute Gasteiger partial charge is 0.239 e. The molecule has 1 rings (SSSR count). The molecule has 17 heavy (non-hydrogen) atoms. The standard InChI is InChI=1S/C10H17ClN2O3S/c1-10(9(14)13-17(2,15)16)5-3-8(4-6-10)7-12-11/h3,12H,4-7H2,1-2H3,(H,13,14). The zero-order chi connectivity index (χ0) is 13.1. The lowest BCUT2D eigenvalue weighted by atomic mass is 9.76. The van der Waals surface area contributed by atoms with Gasteiger partial charge in [-0.25, -0.2) is 13.3 Å². The third kappa shape index (κ3) is 4.29. The Bertz CT molecular complexity index is 433. The van der Waals surface area contributed by atoms with E-state index in [2.05, 4.69) is 4.84 Å². The van der Waals surface area contributed by atoms with Gasteiger partial charge in [0.15, 0.2) is 0 Å². The van der Waals surface area contributed by atoms with Crippen LogP contribution in [0.4, 0.5) is 0 Å². The van der Waals surface area contributed by atoms with E-state index in [4.69, 9.17) is 11.8 Å². The van der Waals surface area contributed by atoms with E-state index in [9.17, 15) is 13.2 Å². The van der Waals surface area contributed by atoms with E-state index in [1.54, 1.807) is 6.92 Å². The van der Waals surface area contributed by atoms with E-state index in [0.29, 0.717) is 19.4 Å². The molecular weight excluding hydrogens is 264 g/mol. The highest BCUT2D eigenvalue weighted by Gasteiger charge is 2.35. The summed E-state index contributed by atoms with van der Waals surface area (Å²) in [5, 5.41) is 0. The predicted octanol–water partition coefficient (Wildman–Crippen LogP) is 0.922. The number of hydrogen-bond donors (Lipinski definition) is 2. The van der Waals surface area contributed by atoms with Crippen molar-refractivity contribution in [2.75, 3.05) is 12.8 Å². The van der Waals surface area contributed by atoms with Crippen LogP contribution in [0.5, 0.6) is 0 Å². The Morgan fingerprint density at radius 3 is 2.65 bits per heavy atom. The average molecular weight is 281 g/mol. The Kier molecular flexibility index (Phi) is 4.57. The molecule has 1 aliphatic carbocycles. The van der Waals surface area contributed by atoms with Gasteiger partial charge in [-0.05, 0) is 31.0 Å². The fraction of sp³-hybridized carbons (Fsp3) is 0.700. The molecule has 0 saturated carbocycles. The van der Waals surface area contributed by atoms with Crippen molar-refractivity contribution in [1.29, 1.82) is 0 Å². The van der Waals surface area contributed by atoms with Crippen LogP contribution in [0.25, 0.3) is 0 Å². The molecule has 1 unspecified atom stereocenters. The fourth-order valence-electron chi connectivity index (χ4n) is 1.75. The molecular formula is C10H17ClN2O3S. The van der Waals surface area contributed by atoms with Crippen LogP contribution in [0.15, 0.2) is 11.6 Å². The first kappa shape index (κ1) is 14.5. The van der Waals surface area contributed by atoms with Crippen molar-refractivity contribution < 1.29 is 13.2 Å². The average Bonchev–Trinajstić information content (AvgIpc) is 2.19. The van der Waals surface area contributed by atoms with Crippen LogP contribution < -0.4 is 9.56 Å². The molecule has 0 saturated heterocycles. The monoisotopic (exact) mass is 280 g/mol. The van der Waals surface area contributed by atoms with Gasteiger partial charge in [-0.2, -0.15) is 0 Å². The predicted molar refractivity (Wildman–Crippen MR) is 66.9 cm³/mol. The maximum atomic E-state index is 11.8. The Hall–Kier alpha value is -0.590. The van der Waals surface area contributed by atoms with Crippen molar-refractivity contribution in [3.63, 3.8) is 0 Å². The van der Waals surface area contributed by atoms with Crippen LogP contribution in [0.1, 0.15) is 26.2 Å². The van der Waals surface area contributed by atoms with E-state index in [1.807, 2.05) is 10.8 Å². The summed E-state index contributed by atoms with van der Waals surface area (Å²) in [5.41, 5.74) is 0.489. The van der Waals surface area contributed by atoms with Gasteiger partial charge in [0.25, 0.3) is 0 Å². The second-order valence-electron chi connectivity index (χ2n) is 4.64. The van der Waals surface area contributed by atoms with Crippen molar-refractivity contribution in [3.8, 4) is 0 Å². The van der Waals surface area contributed by atoms with Gasteiger partial charge in [-0.3, -0.25) is 9.52 Å². The lowest BCUT2D eigenvalue weighted by Crippen LogP contribution is -2.42. The molecule has 1 atom stereocenters. The van der Waals surface area contributed by atoms with Gasteiger partial charge in [0.05, 0.1) is 11.7 Å². The molecule has 1 amide bonds. The highest BCUT2D eigenvalue weighted by molar-refractivity contribution is 7.89. The van der Waals surface area contributed by atoms with E-state index in [-0.39, 0.29) is 0 Å². The molecule has 0 fully saturated rings. The quantitative estimate of drug-likeness (QED) is 0.593. The number of halogens is 1. The van der Waals surface area contributed by atoms with Crippen LogP contribution in [-0.4, -0.2) is 27.1 Å². The molecule has 7 heteroatoms. The summed E-state index contributed by atoms with van der Waals surface area (Å²) in [5.74, 6) is -0.436. The lowest BCUT2D eigenvalue weighted by Gasteiger charge is -2.31. The van der Waals surface area contributed by atoms with Crippen molar-refractivity contribution in [3.05, 3.63) is 11.6 Å². The maximum Gasteiger partial charge on any atom is 0.239 e. The molecule has 0 aromatic rings. The second-order valence-corrected chi connectivity index (χ2v) is 6.66. The fourth-order valence-corrected chi connectivity index (χ4v) is 2.51. The first-order valence-corrected chi connectivity index (χ1v) is 7.57. The van der Waals surface area contributed by atoms with Gasteiger partial charge in [0.2, 0.25) is 15.9 Å². The van der Waals surface area contributed by atoms with E-state index in [1.165, 1.54) is 0 Å². The van der Waals surface area contributed by atoms with E-state index < -0.39 is 21.3 Å². The van der Waals surface area contributed by atoms with E-state index in [0.717, 1.165) is 18.2 Å². The highest BCUT2D eigenvalue weighted by atomic mass is 35.5. The summed E-state index contributed by atoms with van der Waals surface area (Å²) < 4.78 is 24.1. The van der Waals surface area contributed by atoms with Gasteiger partial charge in [0, 0.05) is 6.54 Å². The minimum absolute atomic E-state index is 0.436. The molecule has 5 nitrogen and oxygen atoms in total. The molecule has 0 aliphatic heterocycles. The van der Waals surface area contributed by atoms with Crippen LogP contribution in [0.3, 0.4) is 0 Å². The summed E-state index contributed by atoms with van der Waals surface area (Å²) >= 11 is 5.41. The number of carbonyl (C=O) groups excluding carboxylic acids is 1. The number of allylic oxidation sites excluding steroid dienone is 1. The van der Waals surface area contributed by atoms with Crippen LogP contribution >= 0.6 is 11.8 Å². The Labute approximate surface area is 107 Å². The van der Waals surface area contributed by atoms with Gasteiger partial charge in [0.1, 0.15) is 0 Å². The van der Waals surface area contributed by atoms with Crippen LogP contribution in [-0.2, 0) is 14.8 Å². The first-order valence-electron chi connectivity index (χ1n) is 5.30. The molecule has 2 N–H and O–H groups in total. The summed E-state index contributed by atoms with van der Waals surface area (Å²) in [6, 6.07) is 0. The van der Waals surface area contributed by atoms with Crippen molar-refractivity contribution in [1.82, 2.24) is 9.56 Å². The third-order valence-electron chi connectivity index (χ3n) is 2.96. The summed E-state index contributed by atoms with van der Waals surface area (Å²) in [4.78, 5) is 14.4. The van der Waals surface area contributed by atoms with Gasteiger partial charge >= 0.3 is 0 Å². The van der Waals surface area contributed by atoms with Gasteiger partial charge < -0.3 is 0 Å². The maximum absolute atomic E-state index is 11.8. The number of amides is 1. The largest absolute Gasteiger partial charge is 0.273 e. The molecule has 0 bridgehead atoms. The topological polar surface area (TPSA) is 75.3 Å². The molecule has 0 heterocycles.